The molecule has 0 bridgehead atoms. The Kier molecular flexibility index (Phi) is 6.06. The average molecular weight is 409 g/mol. The Labute approximate surface area is 173 Å². The molecular formula is C22H23N3O5. The van der Waals surface area contributed by atoms with E-state index < -0.39 is 18.5 Å². The van der Waals surface area contributed by atoms with Gasteiger partial charge in [-0.1, -0.05) is 47.7 Å². The summed E-state index contributed by atoms with van der Waals surface area (Å²) < 4.78 is 13.8. The van der Waals surface area contributed by atoms with E-state index in [9.17, 15) is 9.90 Å². The van der Waals surface area contributed by atoms with Crippen molar-refractivity contribution in [2.24, 2.45) is 5.92 Å². The minimum absolute atomic E-state index is 0.0505. The quantitative estimate of drug-likeness (QED) is 0.572. The molecule has 3 unspecified atom stereocenters. The number of carboxylic acid groups (broad SMARTS) is 1. The number of carbonyl (C=O) groups is 1. The van der Waals surface area contributed by atoms with Gasteiger partial charge in [0, 0.05) is 17.9 Å². The molecule has 8 heteroatoms. The van der Waals surface area contributed by atoms with Crippen LogP contribution in [0.15, 0.2) is 60.7 Å². The van der Waals surface area contributed by atoms with Crippen LogP contribution in [0.25, 0.3) is 11.0 Å². The van der Waals surface area contributed by atoms with Crippen molar-refractivity contribution in [3.8, 4) is 5.75 Å². The molecule has 4 rings (SSSR count). The van der Waals surface area contributed by atoms with Crippen LogP contribution < -0.4 is 0 Å². The second-order valence-electron chi connectivity index (χ2n) is 7.18. The average Bonchev–Trinajstić information content (AvgIpc) is 3.18. The number of carboxylic acids is 1. The third-order valence-corrected chi connectivity index (χ3v) is 5.09. The van der Waals surface area contributed by atoms with E-state index in [1.54, 1.807) is 16.8 Å². The van der Waals surface area contributed by atoms with Crippen LogP contribution in [0.2, 0.25) is 0 Å². The number of para-hydroxylation sites is 2. The number of rotatable bonds is 7. The van der Waals surface area contributed by atoms with Gasteiger partial charge in [0.05, 0.1) is 18.2 Å². The molecule has 1 aromatic heterocycles. The van der Waals surface area contributed by atoms with Crippen molar-refractivity contribution in [1.82, 2.24) is 15.0 Å². The van der Waals surface area contributed by atoms with E-state index in [-0.39, 0.29) is 18.1 Å². The van der Waals surface area contributed by atoms with E-state index in [0.29, 0.717) is 25.0 Å². The van der Waals surface area contributed by atoms with Crippen LogP contribution in [-0.4, -0.2) is 37.8 Å². The van der Waals surface area contributed by atoms with Crippen molar-refractivity contribution in [2.75, 3.05) is 6.61 Å². The number of phenolic OH excluding ortho intramolecular Hbond substituents is 1. The molecular weight excluding hydrogens is 386 g/mol. The second kappa shape index (κ2) is 9.06. The summed E-state index contributed by atoms with van der Waals surface area (Å²) in [5.41, 5.74) is 2.22. The van der Waals surface area contributed by atoms with Crippen molar-refractivity contribution in [2.45, 2.75) is 31.8 Å². The van der Waals surface area contributed by atoms with Crippen molar-refractivity contribution >= 4 is 17.0 Å². The molecule has 2 heterocycles. The smallest absolute Gasteiger partial charge is 0.303 e. The number of ether oxygens (including phenoxy) is 2. The lowest BCUT2D eigenvalue weighted by Gasteiger charge is -2.36. The molecule has 0 aliphatic carbocycles. The number of fused-ring (bicyclic) bond motifs is 1. The van der Waals surface area contributed by atoms with Crippen LogP contribution >= 0.6 is 0 Å². The van der Waals surface area contributed by atoms with Gasteiger partial charge in [0.1, 0.15) is 11.3 Å². The van der Waals surface area contributed by atoms with E-state index in [0.717, 1.165) is 11.0 Å². The Hall–Kier alpha value is -3.23. The first-order valence-electron chi connectivity index (χ1n) is 9.85. The zero-order chi connectivity index (χ0) is 20.9. The molecule has 8 nitrogen and oxygen atoms in total. The predicted molar refractivity (Wildman–Crippen MR) is 109 cm³/mol. The molecule has 156 valence electrons. The topological polar surface area (TPSA) is 107 Å². The van der Waals surface area contributed by atoms with Crippen LogP contribution in [-0.2, 0) is 14.3 Å². The summed E-state index contributed by atoms with van der Waals surface area (Å²) in [6.45, 7) is 0.390. The van der Waals surface area contributed by atoms with Gasteiger partial charge in [0.25, 0.3) is 6.41 Å². The Morgan fingerprint density at radius 2 is 1.97 bits per heavy atom. The van der Waals surface area contributed by atoms with Crippen LogP contribution in [0.3, 0.4) is 0 Å². The third kappa shape index (κ3) is 4.34. The van der Waals surface area contributed by atoms with E-state index in [1.807, 2.05) is 48.6 Å². The third-order valence-electron chi connectivity index (χ3n) is 5.09. The molecule has 0 radical (unpaired) electrons. The maximum absolute atomic E-state index is 10.7. The number of aromatic nitrogens is 3. The lowest BCUT2D eigenvalue weighted by Crippen LogP contribution is -2.33. The number of hydrogen-bond donors (Lipinski definition) is 2. The maximum atomic E-state index is 10.7. The first kappa shape index (κ1) is 20.1. The first-order chi connectivity index (χ1) is 14.6. The summed E-state index contributed by atoms with van der Waals surface area (Å²) in [6, 6.07) is 14.6. The summed E-state index contributed by atoms with van der Waals surface area (Å²) in [5, 5.41) is 27.5. The number of nitrogens with zero attached hydrogens (tertiary/aromatic N) is 3. The summed E-state index contributed by atoms with van der Waals surface area (Å²) in [5.74, 6) is -0.712. The highest BCUT2D eigenvalue weighted by molar-refractivity contribution is 5.73. The van der Waals surface area contributed by atoms with Gasteiger partial charge in [0.15, 0.2) is 0 Å². The molecule has 1 fully saturated rings. The van der Waals surface area contributed by atoms with E-state index in [4.69, 9.17) is 14.6 Å². The van der Waals surface area contributed by atoms with Crippen molar-refractivity contribution < 1.29 is 24.5 Å². The van der Waals surface area contributed by atoms with Crippen LogP contribution in [0, 0.1) is 5.92 Å². The predicted octanol–water partition coefficient (Wildman–Crippen LogP) is 3.81. The monoisotopic (exact) mass is 409 g/mol. The lowest BCUT2D eigenvalue weighted by molar-refractivity contribution is -0.280. The van der Waals surface area contributed by atoms with Crippen LogP contribution in [0.1, 0.15) is 37.3 Å². The molecule has 1 aliphatic rings. The fourth-order valence-electron chi connectivity index (χ4n) is 3.58. The maximum Gasteiger partial charge on any atom is 0.303 e. The standard InChI is InChI=1S/C22H23N3O5/c26-19-12-7-4-9-16(19)21-15(8-2-1-3-13-20(27)28)14-29-22(30-21)25-18-11-6-5-10-17(18)23-24-25/h1-2,4-7,9-12,15,21-22,26H,3,8,13-14H2,(H,27,28). The zero-order valence-electron chi connectivity index (χ0n) is 16.3. The summed E-state index contributed by atoms with van der Waals surface area (Å²) in [6.07, 6.45) is 3.80. The van der Waals surface area contributed by atoms with E-state index in [2.05, 4.69) is 10.3 Å². The Morgan fingerprint density at radius 1 is 1.17 bits per heavy atom. The molecule has 1 aliphatic heterocycles. The van der Waals surface area contributed by atoms with Gasteiger partial charge in [-0.25, -0.2) is 0 Å². The number of hydrogen-bond acceptors (Lipinski definition) is 6. The SMILES string of the molecule is O=C(O)CCC=CCC1COC(n2nnc3ccccc32)OC1c1ccccc1O. The Balaban J connectivity index is 1.55. The summed E-state index contributed by atoms with van der Waals surface area (Å²) >= 11 is 0. The summed E-state index contributed by atoms with van der Waals surface area (Å²) in [4.78, 5) is 10.7. The number of phenols is 1. The lowest BCUT2D eigenvalue weighted by atomic mass is 9.91. The van der Waals surface area contributed by atoms with Gasteiger partial charge in [-0.2, -0.15) is 4.68 Å². The molecule has 2 aromatic carbocycles. The molecule has 0 saturated carbocycles. The van der Waals surface area contributed by atoms with Crippen molar-refractivity contribution in [1.29, 1.82) is 0 Å². The highest BCUT2D eigenvalue weighted by Gasteiger charge is 2.35. The van der Waals surface area contributed by atoms with Crippen molar-refractivity contribution in [3.05, 3.63) is 66.2 Å². The second-order valence-corrected chi connectivity index (χ2v) is 7.18. The number of benzene rings is 2. The van der Waals surface area contributed by atoms with Gasteiger partial charge in [-0.3, -0.25) is 4.79 Å². The first-order valence-corrected chi connectivity index (χ1v) is 9.85. The van der Waals surface area contributed by atoms with Gasteiger partial charge < -0.3 is 19.7 Å². The summed E-state index contributed by atoms with van der Waals surface area (Å²) in [7, 11) is 0. The molecule has 3 atom stereocenters. The number of aromatic hydroxyl groups is 1. The largest absolute Gasteiger partial charge is 0.508 e. The van der Waals surface area contributed by atoms with Gasteiger partial charge in [-0.15, -0.1) is 5.10 Å². The molecule has 2 N–H and O–H groups in total. The number of allylic oxidation sites excluding steroid dienone is 2. The van der Waals surface area contributed by atoms with Crippen LogP contribution in [0.4, 0.5) is 0 Å². The highest BCUT2D eigenvalue weighted by atomic mass is 16.7. The van der Waals surface area contributed by atoms with E-state index >= 15 is 0 Å². The fraction of sp³-hybridized carbons (Fsp3) is 0.318. The van der Waals surface area contributed by atoms with Crippen molar-refractivity contribution in [3.63, 3.8) is 0 Å². The van der Waals surface area contributed by atoms with E-state index in [1.165, 1.54) is 0 Å². The fourth-order valence-corrected chi connectivity index (χ4v) is 3.58. The molecule has 0 amide bonds. The highest BCUT2D eigenvalue weighted by Crippen LogP contribution is 2.41. The minimum Gasteiger partial charge on any atom is -0.508 e. The minimum atomic E-state index is -0.820. The van der Waals surface area contributed by atoms with Gasteiger partial charge in [0.2, 0.25) is 0 Å². The molecule has 1 saturated heterocycles. The van der Waals surface area contributed by atoms with Gasteiger partial charge in [-0.05, 0) is 31.0 Å². The number of aliphatic carboxylic acids is 1. The van der Waals surface area contributed by atoms with Gasteiger partial charge >= 0.3 is 5.97 Å². The zero-order valence-corrected chi connectivity index (χ0v) is 16.3. The van der Waals surface area contributed by atoms with Crippen LogP contribution in [0.5, 0.6) is 5.75 Å². The molecule has 30 heavy (non-hydrogen) atoms. The normalized spacial score (nSPS) is 21.9. The molecule has 0 spiro atoms. The molecule has 3 aromatic rings. The Bertz CT molecular complexity index is 1050. The Morgan fingerprint density at radius 3 is 2.80 bits per heavy atom.